The highest BCUT2D eigenvalue weighted by Crippen LogP contribution is 2.33. The van der Waals surface area contributed by atoms with Crippen LogP contribution in [0.15, 0.2) is 24.3 Å². The highest BCUT2D eigenvalue weighted by atomic mass is 19.1. The number of halogens is 1. The SMILES string of the molecule is CNC(c1ccccc1F)C(OC)C(C)(C)C. The quantitative estimate of drug-likeness (QED) is 0.871. The third-order valence-electron chi connectivity index (χ3n) is 2.96. The van der Waals surface area contributed by atoms with Crippen molar-refractivity contribution >= 4 is 0 Å². The topological polar surface area (TPSA) is 21.3 Å². The minimum atomic E-state index is -0.196. The maximum atomic E-state index is 13.8. The van der Waals surface area contributed by atoms with E-state index in [1.54, 1.807) is 19.2 Å². The van der Waals surface area contributed by atoms with Crippen LogP contribution < -0.4 is 5.32 Å². The van der Waals surface area contributed by atoms with Gasteiger partial charge in [-0.3, -0.25) is 0 Å². The first-order chi connectivity index (χ1) is 7.91. The van der Waals surface area contributed by atoms with Gasteiger partial charge >= 0.3 is 0 Å². The number of likely N-dealkylation sites (N-methyl/N-ethyl adjacent to an activating group) is 1. The Morgan fingerprint density at radius 2 is 1.82 bits per heavy atom. The van der Waals surface area contributed by atoms with Gasteiger partial charge in [0.25, 0.3) is 0 Å². The Morgan fingerprint density at radius 3 is 2.24 bits per heavy atom. The first-order valence-electron chi connectivity index (χ1n) is 5.86. The molecule has 0 amide bonds. The van der Waals surface area contributed by atoms with Gasteiger partial charge in [0.2, 0.25) is 0 Å². The number of rotatable bonds is 4. The summed E-state index contributed by atoms with van der Waals surface area (Å²) in [5.74, 6) is -0.196. The average molecular weight is 239 g/mol. The van der Waals surface area contributed by atoms with Crippen LogP contribution in [0.5, 0.6) is 0 Å². The molecule has 2 unspecified atom stereocenters. The van der Waals surface area contributed by atoms with Gasteiger partial charge in [-0.2, -0.15) is 0 Å². The summed E-state index contributed by atoms with van der Waals surface area (Å²) >= 11 is 0. The Kier molecular flexibility index (Phi) is 4.66. The highest BCUT2D eigenvalue weighted by molar-refractivity contribution is 5.23. The van der Waals surface area contributed by atoms with Crippen molar-refractivity contribution in [1.82, 2.24) is 5.32 Å². The Morgan fingerprint density at radius 1 is 1.24 bits per heavy atom. The van der Waals surface area contributed by atoms with E-state index in [2.05, 4.69) is 26.1 Å². The molecule has 0 heterocycles. The second-order valence-electron chi connectivity index (χ2n) is 5.31. The van der Waals surface area contributed by atoms with Crippen LogP contribution in [0, 0.1) is 11.2 Å². The van der Waals surface area contributed by atoms with Gasteiger partial charge in [-0.1, -0.05) is 39.0 Å². The lowest BCUT2D eigenvalue weighted by atomic mass is 9.82. The number of hydrogen-bond acceptors (Lipinski definition) is 2. The van der Waals surface area contributed by atoms with Crippen LogP contribution in [0.4, 0.5) is 4.39 Å². The van der Waals surface area contributed by atoms with Crippen molar-refractivity contribution in [2.45, 2.75) is 32.9 Å². The molecule has 0 fully saturated rings. The van der Waals surface area contributed by atoms with E-state index in [0.29, 0.717) is 5.56 Å². The summed E-state index contributed by atoms with van der Waals surface area (Å²) in [6.45, 7) is 6.27. The Hall–Kier alpha value is -0.930. The fraction of sp³-hybridized carbons (Fsp3) is 0.571. The number of nitrogens with one attached hydrogen (secondary N) is 1. The minimum Gasteiger partial charge on any atom is -0.379 e. The third-order valence-corrected chi connectivity index (χ3v) is 2.96. The summed E-state index contributed by atoms with van der Waals surface area (Å²) in [5, 5.41) is 3.15. The molecule has 2 atom stereocenters. The van der Waals surface area contributed by atoms with Crippen LogP contribution in [0.3, 0.4) is 0 Å². The predicted molar refractivity (Wildman–Crippen MR) is 68.5 cm³/mol. The zero-order valence-electron chi connectivity index (χ0n) is 11.3. The molecule has 0 saturated carbocycles. The summed E-state index contributed by atoms with van der Waals surface area (Å²) in [5.41, 5.74) is 0.585. The van der Waals surface area contributed by atoms with E-state index < -0.39 is 0 Å². The molecule has 96 valence electrons. The van der Waals surface area contributed by atoms with Crippen LogP contribution >= 0.6 is 0 Å². The Balaban J connectivity index is 3.10. The average Bonchev–Trinajstić information content (AvgIpc) is 2.25. The first kappa shape index (κ1) is 14.1. The molecule has 1 aromatic carbocycles. The molecule has 1 aromatic rings. The minimum absolute atomic E-state index is 0.0648. The molecule has 0 aliphatic heterocycles. The lowest BCUT2D eigenvalue weighted by molar-refractivity contribution is -0.0109. The summed E-state index contributed by atoms with van der Waals surface area (Å²) in [4.78, 5) is 0. The van der Waals surface area contributed by atoms with Crippen molar-refractivity contribution in [3.63, 3.8) is 0 Å². The summed E-state index contributed by atoms with van der Waals surface area (Å²) in [6, 6.07) is 6.67. The van der Waals surface area contributed by atoms with Gasteiger partial charge in [0.15, 0.2) is 0 Å². The molecule has 0 bridgehead atoms. The molecule has 1 rings (SSSR count). The monoisotopic (exact) mass is 239 g/mol. The van der Waals surface area contributed by atoms with Gasteiger partial charge in [-0.25, -0.2) is 4.39 Å². The molecule has 0 radical (unpaired) electrons. The van der Waals surface area contributed by atoms with Gasteiger partial charge in [-0.05, 0) is 18.5 Å². The number of benzene rings is 1. The zero-order valence-corrected chi connectivity index (χ0v) is 11.3. The van der Waals surface area contributed by atoms with Gasteiger partial charge in [-0.15, -0.1) is 0 Å². The summed E-state index contributed by atoms with van der Waals surface area (Å²) in [6.07, 6.45) is -0.0931. The van der Waals surface area contributed by atoms with Crippen molar-refractivity contribution in [1.29, 1.82) is 0 Å². The van der Waals surface area contributed by atoms with E-state index in [9.17, 15) is 4.39 Å². The fourth-order valence-corrected chi connectivity index (χ4v) is 2.19. The van der Waals surface area contributed by atoms with Crippen molar-refractivity contribution in [2.75, 3.05) is 14.2 Å². The maximum Gasteiger partial charge on any atom is 0.128 e. The normalized spacial score (nSPS) is 15.6. The zero-order chi connectivity index (χ0) is 13.1. The van der Waals surface area contributed by atoms with Crippen LogP contribution in [0.1, 0.15) is 32.4 Å². The predicted octanol–water partition coefficient (Wildman–Crippen LogP) is 3.15. The van der Waals surface area contributed by atoms with Crippen LogP contribution in [0.25, 0.3) is 0 Å². The standard InChI is InChI=1S/C14H22FNO/c1-14(2,3)13(17-5)12(16-4)10-8-6-7-9-11(10)15/h6-9,12-13,16H,1-5H3. The van der Waals surface area contributed by atoms with Crippen molar-refractivity contribution in [2.24, 2.45) is 5.41 Å². The van der Waals surface area contributed by atoms with Crippen molar-refractivity contribution in [3.05, 3.63) is 35.6 Å². The second kappa shape index (κ2) is 5.61. The molecule has 0 aromatic heterocycles. The van der Waals surface area contributed by atoms with Crippen LogP contribution in [-0.4, -0.2) is 20.3 Å². The molecule has 0 aliphatic carbocycles. The van der Waals surface area contributed by atoms with E-state index in [1.165, 1.54) is 6.07 Å². The molecular weight excluding hydrogens is 217 g/mol. The second-order valence-corrected chi connectivity index (χ2v) is 5.31. The van der Waals surface area contributed by atoms with E-state index >= 15 is 0 Å². The maximum absolute atomic E-state index is 13.8. The number of hydrogen-bond donors (Lipinski definition) is 1. The van der Waals surface area contributed by atoms with Gasteiger partial charge in [0.1, 0.15) is 5.82 Å². The third kappa shape index (κ3) is 3.27. The van der Waals surface area contributed by atoms with E-state index in [1.807, 2.05) is 13.1 Å². The van der Waals surface area contributed by atoms with E-state index in [4.69, 9.17) is 4.74 Å². The Labute approximate surface area is 103 Å². The fourth-order valence-electron chi connectivity index (χ4n) is 2.19. The molecular formula is C14H22FNO. The number of methoxy groups -OCH3 is 1. The molecule has 2 nitrogen and oxygen atoms in total. The lowest BCUT2D eigenvalue weighted by Crippen LogP contribution is -2.40. The molecule has 0 spiro atoms. The van der Waals surface area contributed by atoms with Gasteiger partial charge in [0, 0.05) is 12.7 Å². The van der Waals surface area contributed by atoms with Gasteiger partial charge < -0.3 is 10.1 Å². The molecule has 0 aliphatic rings. The summed E-state index contributed by atoms with van der Waals surface area (Å²) in [7, 11) is 3.50. The Bertz CT molecular complexity index is 359. The number of ether oxygens (including phenoxy) is 1. The molecule has 17 heavy (non-hydrogen) atoms. The molecule has 1 N–H and O–H groups in total. The van der Waals surface area contributed by atoms with Crippen molar-refractivity contribution in [3.8, 4) is 0 Å². The summed E-state index contributed by atoms with van der Waals surface area (Å²) < 4.78 is 19.4. The van der Waals surface area contributed by atoms with Crippen molar-refractivity contribution < 1.29 is 9.13 Å². The lowest BCUT2D eigenvalue weighted by Gasteiger charge is -2.36. The highest BCUT2D eigenvalue weighted by Gasteiger charge is 2.33. The molecule has 0 saturated heterocycles. The van der Waals surface area contributed by atoms with E-state index in [0.717, 1.165) is 0 Å². The first-order valence-corrected chi connectivity index (χ1v) is 5.86. The van der Waals surface area contributed by atoms with Gasteiger partial charge in [0.05, 0.1) is 12.1 Å². The van der Waals surface area contributed by atoms with E-state index in [-0.39, 0.29) is 23.4 Å². The molecule has 3 heteroatoms. The van der Waals surface area contributed by atoms with Crippen LogP contribution in [-0.2, 0) is 4.74 Å². The van der Waals surface area contributed by atoms with Crippen LogP contribution in [0.2, 0.25) is 0 Å². The largest absolute Gasteiger partial charge is 0.379 e. The smallest absolute Gasteiger partial charge is 0.128 e.